The number of hydrogen-bond donors (Lipinski definition) is 1. The first-order valence-corrected chi connectivity index (χ1v) is 7.54. The predicted octanol–water partition coefficient (Wildman–Crippen LogP) is 1.57. The molecule has 110 valence electrons. The molecule has 1 fully saturated rings. The topological polar surface area (TPSA) is 49.6 Å². The summed E-state index contributed by atoms with van der Waals surface area (Å²) in [6.45, 7) is 6.36. The van der Waals surface area contributed by atoms with E-state index in [1.807, 2.05) is 35.2 Å². The van der Waals surface area contributed by atoms with E-state index in [1.165, 1.54) is 0 Å². The van der Waals surface area contributed by atoms with Crippen molar-refractivity contribution < 1.29 is 4.79 Å². The molecule has 0 saturated carbocycles. The van der Waals surface area contributed by atoms with Crippen LogP contribution in [0.3, 0.4) is 0 Å². The number of nitrogens with zero attached hydrogens (tertiary/aromatic N) is 2. The number of carbonyl (C=O) groups is 1. The van der Waals surface area contributed by atoms with Gasteiger partial charge in [-0.1, -0.05) is 31.5 Å². The lowest BCUT2D eigenvalue weighted by Gasteiger charge is -2.39. The molecule has 0 aromatic heterocycles. The van der Waals surface area contributed by atoms with Gasteiger partial charge in [-0.25, -0.2) is 0 Å². The second-order valence-corrected chi connectivity index (χ2v) is 5.37. The lowest BCUT2D eigenvalue weighted by molar-refractivity contribution is 0.0566. The Morgan fingerprint density at radius 3 is 2.40 bits per heavy atom. The van der Waals surface area contributed by atoms with Crippen molar-refractivity contribution >= 4 is 5.91 Å². The van der Waals surface area contributed by atoms with E-state index in [-0.39, 0.29) is 5.91 Å². The third-order valence-electron chi connectivity index (χ3n) is 4.03. The smallest absolute Gasteiger partial charge is 0.253 e. The summed E-state index contributed by atoms with van der Waals surface area (Å²) in [7, 11) is 0. The first kappa shape index (κ1) is 15.0. The molecule has 1 aliphatic rings. The van der Waals surface area contributed by atoms with Crippen LogP contribution < -0.4 is 5.73 Å². The summed E-state index contributed by atoms with van der Waals surface area (Å²) in [5, 5.41) is 0. The van der Waals surface area contributed by atoms with Gasteiger partial charge in [-0.15, -0.1) is 0 Å². The minimum atomic E-state index is 0.144. The maximum atomic E-state index is 12.4. The van der Waals surface area contributed by atoms with Crippen LogP contribution >= 0.6 is 0 Å². The van der Waals surface area contributed by atoms with Crippen LogP contribution in [0.2, 0.25) is 0 Å². The van der Waals surface area contributed by atoms with Gasteiger partial charge in [0, 0.05) is 44.3 Å². The van der Waals surface area contributed by atoms with Crippen LogP contribution in [0.25, 0.3) is 0 Å². The van der Waals surface area contributed by atoms with Gasteiger partial charge in [-0.3, -0.25) is 9.69 Å². The Morgan fingerprint density at radius 1 is 1.20 bits per heavy atom. The highest BCUT2D eigenvalue weighted by Gasteiger charge is 2.25. The minimum absolute atomic E-state index is 0.144. The van der Waals surface area contributed by atoms with E-state index in [1.54, 1.807) is 0 Å². The molecular formula is C16H25N3O. The third kappa shape index (κ3) is 3.58. The van der Waals surface area contributed by atoms with Crippen LogP contribution in [-0.2, 0) is 0 Å². The molecule has 0 bridgehead atoms. The zero-order valence-corrected chi connectivity index (χ0v) is 12.3. The van der Waals surface area contributed by atoms with Crippen LogP contribution in [0.4, 0.5) is 0 Å². The molecule has 2 N–H and O–H groups in total. The second kappa shape index (κ2) is 7.41. The minimum Gasteiger partial charge on any atom is -0.336 e. The van der Waals surface area contributed by atoms with E-state index in [4.69, 9.17) is 5.73 Å². The Morgan fingerprint density at radius 2 is 1.85 bits per heavy atom. The number of piperazine rings is 1. The monoisotopic (exact) mass is 275 g/mol. The highest BCUT2D eigenvalue weighted by Crippen LogP contribution is 2.12. The number of rotatable bonds is 5. The van der Waals surface area contributed by atoms with Crippen LogP contribution in [0.15, 0.2) is 30.3 Å². The van der Waals surface area contributed by atoms with E-state index in [0.29, 0.717) is 12.6 Å². The summed E-state index contributed by atoms with van der Waals surface area (Å²) >= 11 is 0. The van der Waals surface area contributed by atoms with E-state index in [9.17, 15) is 4.79 Å². The molecule has 1 unspecified atom stereocenters. The van der Waals surface area contributed by atoms with Crippen molar-refractivity contribution in [2.24, 2.45) is 5.73 Å². The Labute approximate surface area is 121 Å². The van der Waals surface area contributed by atoms with Crippen LogP contribution in [0.1, 0.15) is 30.1 Å². The highest BCUT2D eigenvalue weighted by atomic mass is 16.2. The van der Waals surface area contributed by atoms with Gasteiger partial charge >= 0.3 is 0 Å². The Kier molecular flexibility index (Phi) is 5.56. The Balaban J connectivity index is 1.89. The van der Waals surface area contributed by atoms with Crippen LogP contribution in [0.5, 0.6) is 0 Å². The average molecular weight is 275 g/mol. The van der Waals surface area contributed by atoms with E-state index < -0.39 is 0 Å². The quantitative estimate of drug-likeness (QED) is 0.887. The van der Waals surface area contributed by atoms with E-state index >= 15 is 0 Å². The molecule has 20 heavy (non-hydrogen) atoms. The SMILES string of the molecule is CCCC(CN)N1CCN(C(=O)c2ccccc2)CC1. The fraction of sp³-hybridized carbons (Fsp3) is 0.562. The molecule has 1 aromatic carbocycles. The molecule has 1 amide bonds. The van der Waals surface area contributed by atoms with Crippen molar-refractivity contribution in [3.63, 3.8) is 0 Å². The molecule has 0 radical (unpaired) electrons. The lowest BCUT2D eigenvalue weighted by atomic mass is 10.1. The number of nitrogens with two attached hydrogens (primary N) is 1. The molecule has 1 atom stereocenters. The largest absolute Gasteiger partial charge is 0.336 e. The van der Waals surface area contributed by atoms with E-state index in [0.717, 1.165) is 44.6 Å². The van der Waals surface area contributed by atoms with Crippen LogP contribution in [-0.4, -0.2) is 54.5 Å². The number of carbonyl (C=O) groups excluding carboxylic acids is 1. The summed E-state index contributed by atoms with van der Waals surface area (Å²) in [6.07, 6.45) is 2.30. The van der Waals surface area contributed by atoms with Gasteiger partial charge in [0.15, 0.2) is 0 Å². The van der Waals surface area contributed by atoms with Gasteiger partial charge in [0.25, 0.3) is 5.91 Å². The Hall–Kier alpha value is -1.39. The van der Waals surface area contributed by atoms with Crippen molar-refractivity contribution in [3.05, 3.63) is 35.9 Å². The molecule has 0 aliphatic carbocycles. The predicted molar refractivity (Wildman–Crippen MR) is 81.7 cm³/mol. The molecular weight excluding hydrogens is 250 g/mol. The molecule has 4 heteroatoms. The van der Waals surface area contributed by atoms with Crippen molar-refractivity contribution in [1.82, 2.24) is 9.80 Å². The van der Waals surface area contributed by atoms with Gasteiger partial charge in [-0.05, 0) is 18.6 Å². The van der Waals surface area contributed by atoms with Crippen molar-refractivity contribution in [2.45, 2.75) is 25.8 Å². The van der Waals surface area contributed by atoms with Gasteiger partial charge in [0.2, 0.25) is 0 Å². The van der Waals surface area contributed by atoms with Crippen molar-refractivity contribution in [1.29, 1.82) is 0 Å². The van der Waals surface area contributed by atoms with E-state index in [2.05, 4.69) is 11.8 Å². The number of amides is 1. The standard InChI is InChI=1S/C16H25N3O/c1-2-6-15(13-17)18-9-11-19(12-10-18)16(20)14-7-4-3-5-8-14/h3-5,7-8,15H,2,6,9-13,17H2,1H3. The Bertz CT molecular complexity index is 413. The summed E-state index contributed by atoms with van der Waals surface area (Å²) < 4.78 is 0. The summed E-state index contributed by atoms with van der Waals surface area (Å²) in [4.78, 5) is 16.7. The average Bonchev–Trinajstić information content (AvgIpc) is 2.53. The van der Waals surface area contributed by atoms with Gasteiger partial charge in [0.05, 0.1) is 0 Å². The first-order valence-electron chi connectivity index (χ1n) is 7.54. The summed E-state index contributed by atoms with van der Waals surface area (Å²) in [5.74, 6) is 0.144. The summed E-state index contributed by atoms with van der Waals surface area (Å²) in [5.41, 5.74) is 6.64. The molecule has 4 nitrogen and oxygen atoms in total. The molecule has 2 rings (SSSR count). The normalized spacial score (nSPS) is 18.0. The van der Waals surface area contributed by atoms with Gasteiger partial charge < -0.3 is 10.6 Å². The third-order valence-corrected chi connectivity index (χ3v) is 4.03. The molecule has 1 aromatic rings. The molecule has 0 spiro atoms. The molecule has 1 saturated heterocycles. The number of benzene rings is 1. The zero-order chi connectivity index (χ0) is 14.4. The summed E-state index contributed by atoms with van der Waals surface area (Å²) in [6, 6.07) is 9.99. The maximum Gasteiger partial charge on any atom is 0.253 e. The fourth-order valence-electron chi connectivity index (χ4n) is 2.84. The maximum absolute atomic E-state index is 12.4. The fourth-order valence-corrected chi connectivity index (χ4v) is 2.84. The van der Waals surface area contributed by atoms with Gasteiger partial charge in [0.1, 0.15) is 0 Å². The van der Waals surface area contributed by atoms with Gasteiger partial charge in [-0.2, -0.15) is 0 Å². The highest BCUT2D eigenvalue weighted by molar-refractivity contribution is 5.94. The molecule has 1 aliphatic heterocycles. The second-order valence-electron chi connectivity index (χ2n) is 5.37. The first-order chi connectivity index (χ1) is 9.76. The van der Waals surface area contributed by atoms with Crippen molar-refractivity contribution in [2.75, 3.05) is 32.7 Å². The number of hydrogen-bond acceptors (Lipinski definition) is 3. The lowest BCUT2D eigenvalue weighted by Crippen LogP contribution is -2.53. The van der Waals surface area contributed by atoms with Crippen molar-refractivity contribution in [3.8, 4) is 0 Å². The molecule has 1 heterocycles. The zero-order valence-electron chi connectivity index (χ0n) is 12.3. The van der Waals surface area contributed by atoms with Crippen LogP contribution in [0, 0.1) is 0 Å².